The van der Waals surface area contributed by atoms with Gasteiger partial charge in [-0.3, -0.25) is 4.84 Å². The van der Waals surface area contributed by atoms with Crippen LogP contribution in [0.3, 0.4) is 0 Å². The highest BCUT2D eigenvalue weighted by Crippen LogP contribution is 2.15. The van der Waals surface area contributed by atoms with Crippen molar-refractivity contribution < 1.29 is 18.0 Å². The molecular weight excluding hydrogens is 111 g/mol. The maximum absolute atomic E-state index is 10.7. The van der Waals surface area contributed by atoms with Gasteiger partial charge in [0.1, 0.15) is 0 Å². The molecule has 0 saturated carbocycles. The van der Waals surface area contributed by atoms with Gasteiger partial charge in [0.05, 0.1) is 6.72 Å². The summed E-state index contributed by atoms with van der Waals surface area (Å²) in [6.45, 7) is 4.00. The van der Waals surface area contributed by atoms with Crippen LogP contribution < -0.4 is 0 Å². The van der Waals surface area contributed by atoms with Crippen LogP contribution in [0.5, 0.6) is 0 Å². The molecule has 0 saturated heterocycles. The van der Waals surface area contributed by atoms with Gasteiger partial charge in [0, 0.05) is 0 Å². The Bertz CT molecular complexity index is 67.8. The highest BCUT2D eigenvalue weighted by Gasteiger charge is 2.30. The third-order valence-corrected chi connectivity index (χ3v) is 0.156. The van der Waals surface area contributed by atoms with Crippen LogP contribution in [-0.4, -0.2) is 13.1 Å². The van der Waals surface area contributed by atoms with Crippen LogP contribution in [0.1, 0.15) is 0 Å². The normalized spacial score (nSPS) is 10.7. The second-order valence-electron chi connectivity index (χ2n) is 0.642. The summed E-state index contributed by atoms with van der Waals surface area (Å²) in [7, 11) is 0. The van der Waals surface area contributed by atoms with E-state index in [0.717, 1.165) is 0 Å². The molecule has 0 atom stereocenters. The first-order valence-electron chi connectivity index (χ1n) is 1.21. The van der Waals surface area contributed by atoms with Crippen molar-refractivity contribution in [3.05, 3.63) is 0 Å². The lowest BCUT2D eigenvalue weighted by molar-refractivity contribution is -0.325. The Labute approximate surface area is 37.6 Å². The zero-order valence-corrected chi connectivity index (χ0v) is 3.07. The molecular formula is C2HF3NO. The van der Waals surface area contributed by atoms with Crippen molar-refractivity contribution in [2.24, 2.45) is 5.16 Å². The summed E-state index contributed by atoms with van der Waals surface area (Å²) in [4.78, 5) is 2.63. The second-order valence-corrected chi connectivity index (χ2v) is 0.642. The molecule has 0 heterocycles. The summed E-state index contributed by atoms with van der Waals surface area (Å²) < 4.78 is 32.0. The van der Waals surface area contributed by atoms with Crippen LogP contribution in [0, 0.1) is 0 Å². The predicted octanol–water partition coefficient (Wildman–Crippen LogP) is 1.02. The van der Waals surface area contributed by atoms with Crippen molar-refractivity contribution in [2.45, 2.75) is 6.36 Å². The van der Waals surface area contributed by atoms with E-state index in [4.69, 9.17) is 0 Å². The Kier molecular flexibility index (Phi) is 1.62. The van der Waals surface area contributed by atoms with Gasteiger partial charge in [-0.2, -0.15) is 0 Å². The molecule has 2 nitrogen and oxygen atoms in total. The summed E-state index contributed by atoms with van der Waals surface area (Å²) in [5.74, 6) is 0. The number of alkyl halides is 3. The van der Waals surface area contributed by atoms with E-state index in [-0.39, 0.29) is 0 Å². The molecule has 7 heavy (non-hydrogen) atoms. The molecule has 41 valence electrons. The van der Waals surface area contributed by atoms with Crippen molar-refractivity contribution in [1.29, 1.82) is 0 Å². The van der Waals surface area contributed by atoms with Gasteiger partial charge >= 0.3 is 6.36 Å². The molecule has 0 aliphatic carbocycles. The molecule has 0 rings (SSSR count). The molecule has 0 unspecified atom stereocenters. The third kappa shape index (κ3) is 5.26. The molecule has 0 aromatic heterocycles. The molecule has 0 N–H and O–H groups in total. The molecule has 0 aliphatic rings. The molecule has 5 heteroatoms. The summed E-state index contributed by atoms with van der Waals surface area (Å²) in [5.41, 5.74) is 0. The van der Waals surface area contributed by atoms with Crippen LogP contribution in [0.25, 0.3) is 0 Å². The van der Waals surface area contributed by atoms with Gasteiger partial charge in [-0.1, -0.05) is 5.16 Å². The fourth-order valence-electron chi connectivity index (χ4n) is 0.0598. The fraction of sp³-hybridized carbons (Fsp3) is 0.500. The topological polar surface area (TPSA) is 21.6 Å². The van der Waals surface area contributed by atoms with E-state index < -0.39 is 6.36 Å². The minimum atomic E-state index is -4.74. The second kappa shape index (κ2) is 1.81. The number of nitrogens with zero attached hydrogens (tertiary/aromatic N) is 1. The lowest BCUT2D eigenvalue weighted by atomic mass is 11.4. The molecule has 0 aromatic carbocycles. The Morgan fingerprint density at radius 1 is 1.43 bits per heavy atom. The predicted molar refractivity (Wildman–Crippen MR) is 15.6 cm³/mol. The van der Waals surface area contributed by atoms with Crippen molar-refractivity contribution >= 4 is 6.72 Å². The lowest BCUT2D eigenvalue weighted by Crippen LogP contribution is -2.07. The average molecular weight is 112 g/mol. The SMILES string of the molecule is [CH]=NOC(F)(F)F. The largest absolute Gasteiger partial charge is 0.593 e. The first kappa shape index (κ1) is 6.26. The Morgan fingerprint density at radius 3 is 1.86 bits per heavy atom. The van der Waals surface area contributed by atoms with Crippen molar-refractivity contribution in [1.82, 2.24) is 0 Å². The van der Waals surface area contributed by atoms with Crippen molar-refractivity contribution in [3.63, 3.8) is 0 Å². The summed E-state index contributed by atoms with van der Waals surface area (Å²) in [5, 5.41) is 1.88. The van der Waals surface area contributed by atoms with Crippen molar-refractivity contribution in [3.8, 4) is 0 Å². The van der Waals surface area contributed by atoms with Crippen LogP contribution in [0.2, 0.25) is 0 Å². The first-order chi connectivity index (χ1) is 3.06. The van der Waals surface area contributed by atoms with Crippen molar-refractivity contribution in [2.75, 3.05) is 0 Å². The number of halogens is 3. The molecule has 1 radical (unpaired) electrons. The van der Waals surface area contributed by atoms with Crippen LogP contribution in [0.4, 0.5) is 13.2 Å². The van der Waals surface area contributed by atoms with Gasteiger partial charge in [0.15, 0.2) is 0 Å². The molecule has 0 aliphatic heterocycles. The van der Waals surface area contributed by atoms with Gasteiger partial charge in [-0.15, -0.1) is 13.2 Å². The zero-order chi connectivity index (χ0) is 5.91. The zero-order valence-electron chi connectivity index (χ0n) is 3.07. The number of hydrogen-bond donors (Lipinski definition) is 0. The first-order valence-corrected chi connectivity index (χ1v) is 1.21. The molecule has 0 fully saturated rings. The minimum absolute atomic E-state index is 1.88. The maximum Gasteiger partial charge on any atom is 0.593 e. The Balaban J connectivity index is 3.34. The molecule has 0 amide bonds. The van der Waals surface area contributed by atoms with Crippen LogP contribution in [-0.2, 0) is 4.84 Å². The van der Waals surface area contributed by atoms with E-state index in [1.165, 1.54) is 0 Å². The van der Waals surface area contributed by atoms with Gasteiger partial charge in [-0.05, 0) is 0 Å². The standard InChI is InChI=1S/C2HF3NO/c1-6-7-2(3,4)5/h1H. The quantitative estimate of drug-likeness (QED) is 0.366. The van der Waals surface area contributed by atoms with Crippen LogP contribution >= 0.6 is 0 Å². The highest BCUT2D eigenvalue weighted by molar-refractivity contribution is 5.21. The monoisotopic (exact) mass is 112 g/mol. The fourth-order valence-corrected chi connectivity index (χ4v) is 0.0598. The summed E-state index contributed by atoms with van der Waals surface area (Å²) >= 11 is 0. The van der Waals surface area contributed by atoms with E-state index in [1.54, 1.807) is 0 Å². The van der Waals surface area contributed by atoms with E-state index in [9.17, 15) is 13.2 Å². The Hall–Kier alpha value is -0.740. The maximum atomic E-state index is 10.7. The highest BCUT2D eigenvalue weighted by atomic mass is 19.4. The van der Waals surface area contributed by atoms with E-state index in [2.05, 4.69) is 11.6 Å². The summed E-state index contributed by atoms with van der Waals surface area (Å²) in [6, 6.07) is 0. The minimum Gasteiger partial charge on any atom is -0.294 e. The van der Waals surface area contributed by atoms with Gasteiger partial charge < -0.3 is 0 Å². The summed E-state index contributed by atoms with van der Waals surface area (Å²) in [6.07, 6.45) is -4.74. The smallest absolute Gasteiger partial charge is 0.294 e. The average Bonchev–Trinajstić information content (AvgIpc) is 1.30. The number of hydrogen-bond acceptors (Lipinski definition) is 2. The van der Waals surface area contributed by atoms with E-state index in [0.29, 0.717) is 0 Å². The third-order valence-electron chi connectivity index (χ3n) is 0.156. The van der Waals surface area contributed by atoms with E-state index >= 15 is 0 Å². The van der Waals surface area contributed by atoms with Crippen LogP contribution in [0.15, 0.2) is 5.16 Å². The van der Waals surface area contributed by atoms with E-state index in [1.807, 2.05) is 5.16 Å². The molecule has 0 aromatic rings. The lowest BCUT2D eigenvalue weighted by Gasteiger charge is -1.97. The van der Waals surface area contributed by atoms with Gasteiger partial charge in [0.25, 0.3) is 0 Å². The van der Waals surface area contributed by atoms with Gasteiger partial charge in [0.2, 0.25) is 0 Å². The molecule has 0 bridgehead atoms. The number of rotatable bonds is 1. The van der Waals surface area contributed by atoms with Gasteiger partial charge in [-0.25, -0.2) is 0 Å². The molecule has 0 spiro atoms. The Morgan fingerprint density at radius 2 is 1.86 bits per heavy atom.